The van der Waals surface area contributed by atoms with E-state index in [9.17, 15) is 4.79 Å². The van der Waals surface area contributed by atoms with E-state index >= 15 is 0 Å². The lowest BCUT2D eigenvalue weighted by Crippen LogP contribution is -2.43. The van der Waals surface area contributed by atoms with Crippen molar-refractivity contribution in [3.05, 3.63) is 36.1 Å². The molecule has 20 heavy (non-hydrogen) atoms. The molecule has 1 N–H and O–H groups in total. The van der Waals surface area contributed by atoms with Gasteiger partial charge in [-0.2, -0.15) is 0 Å². The molecule has 0 bridgehead atoms. The first-order valence-electron chi connectivity index (χ1n) is 7.17. The molecule has 2 aromatic rings. The lowest BCUT2D eigenvalue weighted by Gasteiger charge is -2.30. The van der Waals surface area contributed by atoms with Crippen LogP contribution in [0.3, 0.4) is 0 Å². The van der Waals surface area contributed by atoms with Gasteiger partial charge in [-0.05, 0) is 45.1 Å². The third kappa shape index (κ3) is 2.76. The number of nitrogens with one attached hydrogen (secondary N) is 1. The van der Waals surface area contributed by atoms with Crippen LogP contribution in [0.25, 0.3) is 11.0 Å². The highest BCUT2D eigenvalue weighted by Crippen LogP contribution is 2.20. The zero-order valence-electron chi connectivity index (χ0n) is 11.8. The maximum Gasteiger partial charge on any atom is 0.211 e. The highest BCUT2D eigenvalue weighted by Gasteiger charge is 2.21. The molecule has 1 saturated heterocycles. The molecule has 1 aliphatic rings. The van der Waals surface area contributed by atoms with Crippen molar-refractivity contribution in [1.82, 2.24) is 10.2 Å². The Hall–Kier alpha value is -1.65. The van der Waals surface area contributed by atoms with E-state index in [1.807, 2.05) is 37.4 Å². The van der Waals surface area contributed by atoms with Gasteiger partial charge in [0, 0.05) is 11.4 Å². The molecule has 1 aromatic carbocycles. The Labute approximate surface area is 118 Å². The summed E-state index contributed by atoms with van der Waals surface area (Å²) in [5.74, 6) is 0.522. The predicted molar refractivity (Wildman–Crippen MR) is 79.1 cm³/mol. The number of hydrogen-bond donors (Lipinski definition) is 1. The number of fused-ring (bicyclic) bond motifs is 1. The third-order valence-corrected chi connectivity index (χ3v) is 4.03. The van der Waals surface area contributed by atoms with E-state index in [2.05, 4.69) is 10.2 Å². The Balaban J connectivity index is 1.68. The summed E-state index contributed by atoms with van der Waals surface area (Å²) in [5.41, 5.74) is 0.778. The quantitative estimate of drug-likeness (QED) is 0.868. The zero-order valence-corrected chi connectivity index (χ0v) is 11.8. The van der Waals surface area contributed by atoms with Crippen LogP contribution < -0.4 is 5.32 Å². The maximum absolute atomic E-state index is 12.3. The van der Waals surface area contributed by atoms with Crippen molar-refractivity contribution >= 4 is 16.8 Å². The van der Waals surface area contributed by atoms with Gasteiger partial charge in [-0.25, -0.2) is 0 Å². The van der Waals surface area contributed by atoms with Crippen LogP contribution in [0.1, 0.15) is 23.4 Å². The van der Waals surface area contributed by atoms with Gasteiger partial charge in [0.15, 0.2) is 5.76 Å². The minimum atomic E-state index is 0.0576. The van der Waals surface area contributed by atoms with Crippen molar-refractivity contribution in [2.24, 2.45) is 0 Å². The van der Waals surface area contributed by atoms with E-state index in [0.717, 1.165) is 36.9 Å². The lowest BCUT2D eigenvalue weighted by molar-refractivity contribution is 0.0878. The van der Waals surface area contributed by atoms with Crippen LogP contribution in [-0.4, -0.2) is 43.4 Å². The molecule has 1 fully saturated rings. The summed E-state index contributed by atoms with van der Waals surface area (Å²) in [6.45, 7) is 2.49. The molecule has 0 aliphatic carbocycles. The van der Waals surface area contributed by atoms with E-state index < -0.39 is 0 Å². The van der Waals surface area contributed by atoms with Gasteiger partial charge in [0.1, 0.15) is 5.58 Å². The second-order valence-corrected chi connectivity index (χ2v) is 5.47. The Morgan fingerprint density at radius 2 is 2.10 bits per heavy atom. The number of benzene rings is 1. The van der Waals surface area contributed by atoms with E-state index in [-0.39, 0.29) is 5.78 Å². The minimum absolute atomic E-state index is 0.0576. The number of para-hydroxylation sites is 1. The number of carbonyl (C=O) groups is 1. The molecule has 1 aliphatic heterocycles. The minimum Gasteiger partial charge on any atom is -0.453 e. The van der Waals surface area contributed by atoms with E-state index in [0.29, 0.717) is 18.3 Å². The SMILES string of the molecule is CN(CC(=O)c1cc2ccccc2o1)C1CCNCC1. The predicted octanol–water partition coefficient (Wildman–Crippen LogP) is 2.30. The Morgan fingerprint density at radius 1 is 1.35 bits per heavy atom. The highest BCUT2D eigenvalue weighted by atomic mass is 16.3. The van der Waals surface area contributed by atoms with Crippen LogP contribution in [0.5, 0.6) is 0 Å². The van der Waals surface area contributed by atoms with Crippen molar-refractivity contribution in [2.75, 3.05) is 26.7 Å². The zero-order chi connectivity index (χ0) is 13.9. The number of likely N-dealkylation sites (N-methyl/N-ethyl adjacent to an activating group) is 1. The van der Waals surface area contributed by atoms with Crippen molar-refractivity contribution in [2.45, 2.75) is 18.9 Å². The number of hydrogen-bond acceptors (Lipinski definition) is 4. The molecule has 4 heteroatoms. The molecule has 0 spiro atoms. The summed E-state index contributed by atoms with van der Waals surface area (Å²) < 4.78 is 5.63. The number of piperidine rings is 1. The summed E-state index contributed by atoms with van der Waals surface area (Å²) >= 11 is 0. The molecule has 106 valence electrons. The van der Waals surface area contributed by atoms with Gasteiger partial charge in [0.05, 0.1) is 6.54 Å². The monoisotopic (exact) mass is 272 g/mol. The molecule has 0 unspecified atom stereocenters. The first-order chi connectivity index (χ1) is 9.74. The van der Waals surface area contributed by atoms with Gasteiger partial charge in [-0.15, -0.1) is 0 Å². The number of furan rings is 1. The van der Waals surface area contributed by atoms with Gasteiger partial charge in [-0.1, -0.05) is 18.2 Å². The van der Waals surface area contributed by atoms with Crippen LogP contribution in [0.2, 0.25) is 0 Å². The maximum atomic E-state index is 12.3. The second kappa shape index (κ2) is 5.77. The summed E-state index contributed by atoms with van der Waals surface area (Å²) in [6.07, 6.45) is 2.20. The number of Topliss-reactive ketones (excluding diaryl/α,β-unsaturated/α-hetero) is 1. The summed E-state index contributed by atoms with van der Waals surface area (Å²) in [6, 6.07) is 10.1. The second-order valence-electron chi connectivity index (χ2n) is 5.47. The van der Waals surface area contributed by atoms with Gasteiger partial charge in [-0.3, -0.25) is 9.69 Å². The molecular weight excluding hydrogens is 252 g/mol. The van der Waals surface area contributed by atoms with Crippen LogP contribution in [-0.2, 0) is 0 Å². The Kier molecular flexibility index (Phi) is 3.85. The van der Waals surface area contributed by atoms with E-state index in [4.69, 9.17) is 4.42 Å². The molecule has 2 heterocycles. The van der Waals surface area contributed by atoms with Crippen molar-refractivity contribution in [1.29, 1.82) is 0 Å². The highest BCUT2D eigenvalue weighted by molar-refractivity contribution is 5.98. The standard InChI is InChI=1S/C16H20N2O2/c1-18(13-6-8-17-9-7-13)11-14(19)16-10-12-4-2-3-5-15(12)20-16/h2-5,10,13,17H,6-9,11H2,1H3. The topological polar surface area (TPSA) is 45.5 Å². The fraction of sp³-hybridized carbons (Fsp3) is 0.438. The molecule has 0 atom stereocenters. The van der Waals surface area contributed by atoms with Crippen LogP contribution in [0.4, 0.5) is 0 Å². The third-order valence-electron chi connectivity index (χ3n) is 4.03. The summed E-state index contributed by atoms with van der Waals surface area (Å²) in [7, 11) is 2.02. The summed E-state index contributed by atoms with van der Waals surface area (Å²) in [4.78, 5) is 14.5. The van der Waals surface area contributed by atoms with Crippen molar-refractivity contribution in [3.8, 4) is 0 Å². The smallest absolute Gasteiger partial charge is 0.211 e. The fourth-order valence-electron chi connectivity index (χ4n) is 2.80. The fourth-order valence-corrected chi connectivity index (χ4v) is 2.80. The molecule has 1 aromatic heterocycles. The molecule has 3 rings (SSSR count). The first-order valence-corrected chi connectivity index (χ1v) is 7.17. The number of nitrogens with zero attached hydrogens (tertiary/aromatic N) is 1. The largest absolute Gasteiger partial charge is 0.453 e. The van der Waals surface area contributed by atoms with Crippen LogP contribution in [0, 0.1) is 0 Å². The average Bonchev–Trinajstić information content (AvgIpc) is 2.92. The number of rotatable bonds is 4. The molecular formula is C16H20N2O2. The van der Waals surface area contributed by atoms with Crippen LogP contribution in [0.15, 0.2) is 34.7 Å². The van der Waals surface area contributed by atoms with Gasteiger partial charge in [0.2, 0.25) is 5.78 Å². The van der Waals surface area contributed by atoms with Gasteiger partial charge in [0.25, 0.3) is 0 Å². The number of carbonyl (C=O) groups excluding carboxylic acids is 1. The van der Waals surface area contributed by atoms with Crippen LogP contribution >= 0.6 is 0 Å². The van der Waals surface area contributed by atoms with E-state index in [1.54, 1.807) is 0 Å². The normalized spacial score (nSPS) is 16.9. The van der Waals surface area contributed by atoms with E-state index in [1.165, 1.54) is 0 Å². The average molecular weight is 272 g/mol. The molecule has 0 saturated carbocycles. The molecule has 4 nitrogen and oxygen atoms in total. The molecule has 0 amide bonds. The summed E-state index contributed by atoms with van der Waals surface area (Å²) in [5, 5.41) is 4.33. The first kappa shape index (κ1) is 13.3. The molecule has 0 radical (unpaired) electrons. The Bertz CT molecular complexity index is 566. The number of ketones is 1. The lowest BCUT2D eigenvalue weighted by atomic mass is 10.1. The van der Waals surface area contributed by atoms with Gasteiger partial charge >= 0.3 is 0 Å². The van der Waals surface area contributed by atoms with Gasteiger partial charge < -0.3 is 9.73 Å². The van der Waals surface area contributed by atoms with Crippen molar-refractivity contribution in [3.63, 3.8) is 0 Å². The van der Waals surface area contributed by atoms with Crippen molar-refractivity contribution < 1.29 is 9.21 Å². The Morgan fingerprint density at radius 3 is 2.85 bits per heavy atom.